The summed E-state index contributed by atoms with van der Waals surface area (Å²) in [5, 5.41) is 11.3. The van der Waals surface area contributed by atoms with E-state index in [9.17, 15) is 9.59 Å². The van der Waals surface area contributed by atoms with Crippen molar-refractivity contribution < 1.29 is 19.4 Å². The Balaban J connectivity index is 3.44. The van der Waals surface area contributed by atoms with Gasteiger partial charge in [-0.1, -0.05) is 6.92 Å². The highest BCUT2D eigenvalue weighted by atomic mass is 16.6. The zero-order valence-electron chi connectivity index (χ0n) is 9.28. The minimum atomic E-state index is -0.829. The van der Waals surface area contributed by atoms with Gasteiger partial charge in [-0.05, 0) is 26.3 Å². The van der Waals surface area contributed by atoms with Gasteiger partial charge in [0.1, 0.15) is 6.23 Å². The molecule has 1 unspecified atom stereocenters. The first-order chi connectivity index (χ1) is 7.06. The van der Waals surface area contributed by atoms with Gasteiger partial charge in [0.25, 0.3) is 0 Å². The van der Waals surface area contributed by atoms with Crippen molar-refractivity contribution in [2.75, 3.05) is 6.54 Å². The molecular formula is C10H19NO4. The Bertz CT molecular complexity index is 206. The summed E-state index contributed by atoms with van der Waals surface area (Å²) in [5.41, 5.74) is 0. The summed E-state index contributed by atoms with van der Waals surface area (Å²) in [6.07, 6.45) is 1.19. The predicted molar refractivity (Wildman–Crippen MR) is 55.3 cm³/mol. The topological polar surface area (TPSA) is 75.6 Å². The van der Waals surface area contributed by atoms with Crippen LogP contribution in [0.5, 0.6) is 0 Å². The third kappa shape index (κ3) is 9.21. The number of ether oxygens (including phenoxy) is 1. The van der Waals surface area contributed by atoms with Crippen molar-refractivity contribution in [1.29, 1.82) is 0 Å². The number of carbonyl (C=O) groups excluding carboxylic acids is 1. The summed E-state index contributed by atoms with van der Waals surface area (Å²) in [4.78, 5) is 21.3. The maximum Gasteiger partial charge on any atom is 0.307 e. The fourth-order valence-electron chi connectivity index (χ4n) is 1.13. The lowest BCUT2D eigenvalue weighted by atomic mass is 10.2. The molecule has 2 N–H and O–H groups in total. The van der Waals surface area contributed by atoms with Crippen LogP contribution in [0.25, 0.3) is 0 Å². The fourth-order valence-corrected chi connectivity index (χ4v) is 1.13. The SMILES string of the molecule is CCNC(C)OC(=O)CCCCC(=O)O. The van der Waals surface area contributed by atoms with Crippen LogP contribution < -0.4 is 5.32 Å². The highest BCUT2D eigenvalue weighted by Crippen LogP contribution is 2.02. The average molecular weight is 217 g/mol. The predicted octanol–water partition coefficient (Wildman–Crippen LogP) is 1.13. The summed E-state index contributed by atoms with van der Waals surface area (Å²) in [7, 11) is 0. The number of carbonyl (C=O) groups is 2. The molecule has 0 bridgehead atoms. The summed E-state index contributed by atoms with van der Waals surface area (Å²) < 4.78 is 5.00. The number of carboxylic acids is 1. The smallest absolute Gasteiger partial charge is 0.307 e. The number of hydrogen-bond acceptors (Lipinski definition) is 4. The Labute approximate surface area is 89.8 Å². The first-order valence-electron chi connectivity index (χ1n) is 5.21. The lowest BCUT2D eigenvalue weighted by Gasteiger charge is -2.13. The molecule has 0 fully saturated rings. The second-order valence-corrected chi connectivity index (χ2v) is 3.29. The van der Waals surface area contributed by atoms with Crippen LogP contribution in [-0.2, 0) is 14.3 Å². The number of aliphatic carboxylic acids is 1. The zero-order chi connectivity index (χ0) is 11.7. The first kappa shape index (κ1) is 13.9. The molecule has 0 heterocycles. The minimum absolute atomic E-state index is 0.107. The van der Waals surface area contributed by atoms with E-state index in [0.29, 0.717) is 12.8 Å². The highest BCUT2D eigenvalue weighted by Gasteiger charge is 2.07. The molecule has 0 aromatic carbocycles. The Morgan fingerprint density at radius 2 is 1.93 bits per heavy atom. The number of esters is 1. The number of nitrogens with one attached hydrogen (secondary N) is 1. The molecule has 0 aliphatic carbocycles. The van der Waals surface area contributed by atoms with Gasteiger partial charge >= 0.3 is 11.9 Å². The van der Waals surface area contributed by atoms with E-state index in [0.717, 1.165) is 6.54 Å². The van der Waals surface area contributed by atoms with Crippen molar-refractivity contribution in [2.24, 2.45) is 0 Å². The fraction of sp³-hybridized carbons (Fsp3) is 0.800. The quantitative estimate of drug-likeness (QED) is 0.362. The lowest BCUT2D eigenvalue weighted by Crippen LogP contribution is -2.30. The summed E-state index contributed by atoms with van der Waals surface area (Å²) in [6, 6.07) is 0. The molecule has 5 heteroatoms. The number of hydrogen-bond donors (Lipinski definition) is 2. The maximum absolute atomic E-state index is 11.2. The molecule has 0 aliphatic heterocycles. The Kier molecular flexibility index (Phi) is 7.62. The number of unbranched alkanes of at least 4 members (excludes halogenated alkanes) is 1. The van der Waals surface area contributed by atoms with Crippen molar-refractivity contribution in [3.63, 3.8) is 0 Å². The van der Waals surface area contributed by atoms with Crippen molar-refractivity contribution in [2.45, 2.75) is 45.8 Å². The third-order valence-electron chi connectivity index (χ3n) is 1.82. The van der Waals surface area contributed by atoms with Crippen LogP contribution in [0, 0.1) is 0 Å². The van der Waals surface area contributed by atoms with Crippen molar-refractivity contribution >= 4 is 11.9 Å². The van der Waals surface area contributed by atoms with Crippen LogP contribution in [0.3, 0.4) is 0 Å². The molecule has 0 aromatic heterocycles. The lowest BCUT2D eigenvalue weighted by molar-refractivity contribution is -0.150. The molecule has 15 heavy (non-hydrogen) atoms. The number of carboxylic acid groups (broad SMARTS) is 1. The van der Waals surface area contributed by atoms with Crippen LogP contribution in [0.15, 0.2) is 0 Å². The van der Waals surface area contributed by atoms with E-state index in [1.165, 1.54) is 0 Å². The van der Waals surface area contributed by atoms with E-state index >= 15 is 0 Å². The van der Waals surface area contributed by atoms with Crippen LogP contribution in [0.2, 0.25) is 0 Å². The standard InChI is InChI=1S/C10H19NO4/c1-3-11-8(2)15-10(14)7-5-4-6-9(12)13/h8,11H,3-7H2,1-2H3,(H,12,13). The molecule has 0 spiro atoms. The number of rotatable bonds is 8. The second-order valence-electron chi connectivity index (χ2n) is 3.29. The van der Waals surface area contributed by atoms with Crippen molar-refractivity contribution in [3.05, 3.63) is 0 Å². The molecule has 0 aliphatic rings. The van der Waals surface area contributed by atoms with Crippen LogP contribution >= 0.6 is 0 Å². The molecule has 0 saturated carbocycles. The molecule has 0 rings (SSSR count). The normalized spacial score (nSPS) is 12.1. The Morgan fingerprint density at radius 1 is 1.33 bits per heavy atom. The Morgan fingerprint density at radius 3 is 2.47 bits per heavy atom. The molecular weight excluding hydrogens is 198 g/mol. The minimum Gasteiger partial charge on any atom is -0.481 e. The summed E-state index contributed by atoms with van der Waals surface area (Å²) in [5.74, 6) is -1.11. The van der Waals surface area contributed by atoms with E-state index < -0.39 is 5.97 Å². The molecule has 0 saturated heterocycles. The van der Waals surface area contributed by atoms with Gasteiger partial charge in [-0.3, -0.25) is 14.9 Å². The average Bonchev–Trinajstić information content (AvgIpc) is 2.12. The van der Waals surface area contributed by atoms with E-state index in [2.05, 4.69) is 5.32 Å². The monoisotopic (exact) mass is 217 g/mol. The van der Waals surface area contributed by atoms with Gasteiger partial charge in [-0.15, -0.1) is 0 Å². The molecule has 0 amide bonds. The highest BCUT2D eigenvalue weighted by molar-refractivity contribution is 5.69. The third-order valence-corrected chi connectivity index (χ3v) is 1.82. The molecule has 88 valence electrons. The maximum atomic E-state index is 11.2. The van der Waals surface area contributed by atoms with Crippen LogP contribution in [0.1, 0.15) is 39.5 Å². The van der Waals surface area contributed by atoms with Crippen molar-refractivity contribution in [3.8, 4) is 0 Å². The van der Waals surface area contributed by atoms with Crippen molar-refractivity contribution in [1.82, 2.24) is 5.32 Å². The van der Waals surface area contributed by atoms with Crippen LogP contribution in [0.4, 0.5) is 0 Å². The zero-order valence-corrected chi connectivity index (χ0v) is 9.28. The summed E-state index contributed by atoms with van der Waals surface area (Å²) in [6.45, 7) is 4.43. The van der Waals surface area contributed by atoms with Gasteiger partial charge in [0.15, 0.2) is 0 Å². The van der Waals surface area contributed by atoms with E-state index in [-0.39, 0.29) is 25.0 Å². The van der Waals surface area contributed by atoms with Gasteiger partial charge in [-0.2, -0.15) is 0 Å². The van der Waals surface area contributed by atoms with Gasteiger partial charge in [0, 0.05) is 12.8 Å². The van der Waals surface area contributed by atoms with Gasteiger partial charge in [0.05, 0.1) is 0 Å². The molecule has 5 nitrogen and oxygen atoms in total. The largest absolute Gasteiger partial charge is 0.481 e. The van der Waals surface area contributed by atoms with Gasteiger partial charge in [0.2, 0.25) is 0 Å². The van der Waals surface area contributed by atoms with E-state index in [1.807, 2.05) is 6.92 Å². The van der Waals surface area contributed by atoms with Gasteiger partial charge < -0.3 is 9.84 Å². The van der Waals surface area contributed by atoms with Gasteiger partial charge in [-0.25, -0.2) is 0 Å². The first-order valence-corrected chi connectivity index (χ1v) is 5.21. The van der Waals surface area contributed by atoms with E-state index in [1.54, 1.807) is 6.92 Å². The van der Waals surface area contributed by atoms with E-state index in [4.69, 9.17) is 9.84 Å². The molecule has 0 aromatic rings. The second kappa shape index (κ2) is 8.23. The molecule has 0 radical (unpaired) electrons. The summed E-state index contributed by atoms with van der Waals surface area (Å²) >= 11 is 0. The Hall–Kier alpha value is -1.10. The van der Waals surface area contributed by atoms with Crippen LogP contribution in [-0.4, -0.2) is 29.8 Å². The molecule has 1 atom stereocenters.